The number of aromatic nitrogens is 4. The van der Waals surface area contributed by atoms with Crippen molar-refractivity contribution in [1.29, 1.82) is 0 Å². The SMILES string of the molecule is Cc1cccnc1-c1n[nH]c(C2CCCCC2)n1. The number of nitrogens with zero attached hydrogens (tertiary/aromatic N) is 3. The summed E-state index contributed by atoms with van der Waals surface area (Å²) in [6.07, 6.45) is 8.23. The second-order valence-electron chi connectivity index (χ2n) is 5.05. The molecular formula is C14H18N4. The number of hydrogen-bond acceptors (Lipinski definition) is 3. The van der Waals surface area contributed by atoms with E-state index in [0.29, 0.717) is 5.92 Å². The predicted molar refractivity (Wildman–Crippen MR) is 70.2 cm³/mol. The van der Waals surface area contributed by atoms with Crippen LogP contribution in [-0.4, -0.2) is 20.2 Å². The van der Waals surface area contributed by atoms with Gasteiger partial charge in [-0.2, -0.15) is 5.10 Å². The smallest absolute Gasteiger partial charge is 0.200 e. The van der Waals surface area contributed by atoms with Gasteiger partial charge in [-0.1, -0.05) is 25.3 Å². The van der Waals surface area contributed by atoms with Crippen LogP contribution in [0, 0.1) is 6.92 Å². The summed E-state index contributed by atoms with van der Waals surface area (Å²) in [7, 11) is 0. The molecule has 1 aliphatic carbocycles. The molecule has 0 radical (unpaired) electrons. The van der Waals surface area contributed by atoms with E-state index in [1.807, 2.05) is 19.1 Å². The third-order valence-corrected chi connectivity index (χ3v) is 3.72. The lowest BCUT2D eigenvalue weighted by Gasteiger charge is -2.18. The topological polar surface area (TPSA) is 54.5 Å². The Bertz CT molecular complexity index is 526. The first-order valence-electron chi connectivity index (χ1n) is 6.69. The van der Waals surface area contributed by atoms with Gasteiger partial charge in [0.1, 0.15) is 11.5 Å². The number of H-pyrrole nitrogens is 1. The van der Waals surface area contributed by atoms with Crippen LogP contribution in [0.1, 0.15) is 49.4 Å². The van der Waals surface area contributed by atoms with Gasteiger partial charge in [-0.15, -0.1) is 0 Å². The summed E-state index contributed by atoms with van der Waals surface area (Å²) < 4.78 is 0. The van der Waals surface area contributed by atoms with E-state index in [1.165, 1.54) is 32.1 Å². The Balaban J connectivity index is 1.87. The molecule has 0 amide bonds. The van der Waals surface area contributed by atoms with E-state index < -0.39 is 0 Å². The fourth-order valence-electron chi connectivity index (χ4n) is 2.66. The van der Waals surface area contributed by atoms with Gasteiger partial charge in [-0.05, 0) is 31.4 Å². The van der Waals surface area contributed by atoms with Gasteiger partial charge in [0.05, 0.1) is 0 Å². The maximum Gasteiger partial charge on any atom is 0.200 e. The van der Waals surface area contributed by atoms with E-state index in [2.05, 4.69) is 20.2 Å². The summed E-state index contributed by atoms with van der Waals surface area (Å²) in [5, 5.41) is 7.42. The maximum atomic E-state index is 4.64. The van der Waals surface area contributed by atoms with Gasteiger partial charge in [0.2, 0.25) is 0 Å². The zero-order chi connectivity index (χ0) is 12.4. The Morgan fingerprint density at radius 2 is 2.06 bits per heavy atom. The molecule has 0 aliphatic heterocycles. The molecule has 1 aliphatic rings. The van der Waals surface area contributed by atoms with Crippen LogP contribution in [0.5, 0.6) is 0 Å². The van der Waals surface area contributed by atoms with E-state index in [-0.39, 0.29) is 0 Å². The second-order valence-corrected chi connectivity index (χ2v) is 5.05. The number of aryl methyl sites for hydroxylation is 1. The van der Waals surface area contributed by atoms with E-state index in [9.17, 15) is 0 Å². The zero-order valence-electron chi connectivity index (χ0n) is 10.7. The van der Waals surface area contributed by atoms with Gasteiger partial charge in [0.25, 0.3) is 0 Å². The van der Waals surface area contributed by atoms with Crippen LogP contribution in [-0.2, 0) is 0 Å². The number of aromatic amines is 1. The molecule has 2 aromatic rings. The first-order valence-corrected chi connectivity index (χ1v) is 6.69. The minimum absolute atomic E-state index is 0.559. The molecule has 18 heavy (non-hydrogen) atoms. The molecule has 0 spiro atoms. The summed E-state index contributed by atoms with van der Waals surface area (Å²) in [6.45, 7) is 2.04. The molecule has 4 nitrogen and oxygen atoms in total. The molecule has 0 atom stereocenters. The summed E-state index contributed by atoms with van der Waals surface area (Å²) in [4.78, 5) is 9.00. The molecule has 1 N–H and O–H groups in total. The van der Waals surface area contributed by atoms with Crippen molar-refractivity contribution < 1.29 is 0 Å². The van der Waals surface area contributed by atoms with Crippen LogP contribution in [0.25, 0.3) is 11.5 Å². The molecule has 1 saturated carbocycles. The summed E-state index contributed by atoms with van der Waals surface area (Å²) in [6, 6.07) is 3.98. The third kappa shape index (κ3) is 2.15. The van der Waals surface area contributed by atoms with Crippen molar-refractivity contribution in [2.75, 3.05) is 0 Å². The second kappa shape index (κ2) is 4.88. The molecular weight excluding hydrogens is 224 g/mol. The first kappa shape index (κ1) is 11.4. The molecule has 1 fully saturated rings. The fraction of sp³-hybridized carbons (Fsp3) is 0.500. The van der Waals surface area contributed by atoms with Gasteiger partial charge in [-0.25, -0.2) is 4.98 Å². The molecule has 0 aromatic carbocycles. The van der Waals surface area contributed by atoms with Gasteiger partial charge >= 0.3 is 0 Å². The Kier molecular flexibility index (Phi) is 3.09. The van der Waals surface area contributed by atoms with Crippen LogP contribution >= 0.6 is 0 Å². The molecule has 0 bridgehead atoms. The van der Waals surface area contributed by atoms with Crippen molar-refractivity contribution in [3.05, 3.63) is 29.7 Å². The molecule has 94 valence electrons. The molecule has 4 heteroatoms. The number of nitrogens with one attached hydrogen (secondary N) is 1. The standard InChI is InChI=1S/C14H18N4/c1-10-6-5-9-15-12(10)14-16-13(17-18-14)11-7-3-2-4-8-11/h5-6,9,11H,2-4,7-8H2,1H3,(H,16,17,18). The fourth-order valence-corrected chi connectivity index (χ4v) is 2.66. The third-order valence-electron chi connectivity index (χ3n) is 3.72. The van der Waals surface area contributed by atoms with Crippen molar-refractivity contribution in [3.63, 3.8) is 0 Å². The van der Waals surface area contributed by atoms with E-state index in [4.69, 9.17) is 0 Å². The Morgan fingerprint density at radius 1 is 1.22 bits per heavy atom. The lowest BCUT2D eigenvalue weighted by atomic mass is 9.89. The van der Waals surface area contributed by atoms with Gasteiger partial charge < -0.3 is 0 Å². The van der Waals surface area contributed by atoms with Crippen molar-refractivity contribution in [2.24, 2.45) is 0 Å². The highest BCUT2D eigenvalue weighted by Gasteiger charge is 2.20. The Labute approximate surface area is 107 Å². The molecule has 0 unspecified atom stereocenters. The van der Waals surface area contributed by atoms with Crippen LogP contribution in [0.15, 0.2) is 18.3 Å². The summed E-state index contributed by atoms with van der Waals surface area (Å²) >= 11 is 0. The molecule has 3 rings (SSSR count). The highest BCUT2D eigenvalue weighted by atomic mass is 15.2. The van der Waals surface area contributed by atoms with E-state index in [0.717, 1.165) is 22.9 Å². The average molecular weight is 242 g/mol. The normalized spacial score (nSPS) is 16.9. The average Bonchev–Trinajstić information content (AvgIpc) is 2.90. The highest BCUT2D eigenvalue weighted by molar-refractivity contribution is 5.53. The maximum absolute atomic E-state index is 4.64. The van der Waals surface area contributed by atoms with Crippen molar-refractivity contribution >= 4 is 0 Å². The van der Waals surface area contributed by atoms with Crippen LogP contribution in [0.4, 0.5) is 0 Å². The van der Waals surface area contributed by atoms with Crippen molar-refractivity contribution in [3.8, 4) is 11.5 Å². The minimum atomic E-state index is 0.559. The minimum Gasteiger partial charge on any atom is -0.262 e. The van der Waals surface area contributed by atoms with Crippen molar-refractivity contribution in [2.45, 2.75) is 44.9 Å². The van der Waals surface area contributed by atoms with Crippen molar-refractivity contribution in [1.82, 2.24) is 20.2 Å². The zero-order valence-corrected chi connectivity index (χ0v) is 10.7. The van der Waals surface area contributed by atoms with Gasteiger partial charge in [0, 0.05) is 12.1 Å². The summed E-state index contributed by atoms with van der Waals surface area (Å²) in [5.41, 5.74) is 2.00. The first-order chi connectivity index (χ1) is 8.84. The number of rotatable bonds is 2. The van der Waals surface area contributed by atoms with Gasteiger partial charge in [0.15, 0.2) is 5.82 Å². The Morgan fingerprint density at radius 3 is 2.83 bits per heavy atom. The monoisotopic (exact) mass is 242 g/mol. The Hall–Kier alpha value is -1.71. The molecule has 0 saturated heterocycles. The lowest BCUT2D eigenvalue weighted by molar-refractivity contribution is 0.429. The summed E-state index contributed by atoms with van der Waals surface area (Å²) in [5.74, 6) is 2.33. The van der Waals surface area contributed by atoms with E-state index in [1.54, 1.807) is 6.20 Å². The number of pyridine rings is 1. The van der Waals surface area contributed by atoms with Crippen LogP contribution in [0.3, 0.4) is 0 Å². The largest absolute Gasteiger partial charge is 0.262 e. The van der Waals surface area contributed by atoms with Crippen LogP contribution in [0.2, 0.25) is 0 Å². The quantitative estimate of drug-likeness (QED) is 0.879. The van der Waals surface area contributed by atoms with E-state index >= 15 is 0 Å². The highest BCUT2D eigenvalue weighted by Crippen LogP contribution is 2.31. The van der Waals surface area contributed by atoms with Gasteiger partial charge in [-0.3, -0.25) is 10.1 Å². The number of hydrogen-bond donors (Lipinski definition) is 1. The predicted octanol–water partition coefficient (Wildman–Crippen LogP) is 3.22. The molecule has 2 aromatic heterocycles. The van der Waals surface area contributed by atoms with Crippen LogP contribution < -0.4 is 0 Å². The molecule has 2 heterocycles. The lowest BCUT2D eigenvalue weighted by Crippen LogP contribution is -2.06.